The molecule has 67 heavy (non-hydrogen) atoms. The Morgan fingerprint density at radius 3 is 2.21 bits per heavy atom. The second-order valence-corrected chi connectivity index (χ2v) is 20.4. The highest BCUT2D eigenvalue weighted by atomic mass is 16.8. The van der Waals surface area contributed by atoms with Gasteiger partial charge in [-0.1, -0.05) is 38.5 Å². The highest BCUT2D eigenvalue weighted by molar-refractivity contribution is 5.94. The fourth-order valence-corrected chi connectivity index (χ4v) is 10.6. The number of nitrogens with one attached hydrogen (secondary N) is 2. The van der Waals surface area contributed by atoms with Gasteiger partial charge in [-0.05, 0) is 114 Å². The van der Waals surface area contributed by atoms with Crippen molar-refractivity contribution < 1.29 is 72.0 Å². The topological polar surface area (TPSA) is 222 Å². The summed E-state index contributed by atoms with van der Waals surface area (Å²) in [4.78, 5) is 57.4. The van der Waals surface area contributed by atoms with Crippen LogP contribution in [0.1, 0.15) is 111 Å². The number of hydrogen-bond acceptors (Lipinski definition) is 17. The number of cyclic esters (lactones) is 1. The number of aliphatic hydroxyl groups is 2. The lowest BCUT2D eigenvalue weighted by Gasteiger charge is -2.49. The van der Waals surface area contributed by atoms with Gasteiger partial charge in [0, 0.05) is 43.6 Å². The number of amides is 2. The minimum Gasteiger partial charge on any atom is -0.458 e. The van der Waals surface area contributed by atoms with E-state index in [-0.39, 0.29) is 37.3 Å². The van der Waals surface area contributed by atoms with Gasteiger partial charge in [0.05, 0.1) is 35.9 Å². The maximum absolute atomic E-state index is 14.7. The quantitative estimate of drug-likeness (QED) is 0.152. The summed E-state index contributed by atoms with van der Waals surface area (Å²) in [7, 11) is 7.11. The molecule has 0 bridgehead atoms. The van der Waals surface area contributed by atoms with Crippen molar-refractivity contribution in [1.29, 1.82) is 0 Å². The maximum atomic E-state index is 14.7. The summed E-state index contributed by atoms with van der Waals surface area (Å²) in [6, 6.07) is 6.10. The maximum Gasteiger partial charge on any atom is 0.509 e. The van der Waals surface area contributed by atoms with E-state index in [4.69, 9.17) is 42.6 Å². The number of carbonyl (C=O) groups is 4. The van der Waals surface area contributed by atoms with Gasteiger partial charge in [-0.3, -0.25) is 19.9 Å². The van der Waals surface area contributed by atoms with E-state index in [1.807, 2.05) is 65.6 Å². The molecule has 0 aliphatic carbocycles. The molecule has 19 nitrogen and oxygen atoms in total. The summed E-state index contributed by atoms with van der Waals surface area (Å²) < 4.78 is 56.3. The average Bonchev–Trinajstić information content (AvgIpc) is 3.57. The number of nitrogens with zero attached hydrogens (tertiary/aromatic N) is 2. The third-order valence-corrected chi connectivity index (χ3v) is 14.5. The molecular weight excluding hydrogens is 873 g/mol. The monoisotopic (exact) mass is 951 g/mol. The van der Waals surface area contributed by atoms with Crippen molar-refractivity contribution in [2.45, 2.75) is 192 Å². The molecule has 4 N–H and O–H groups in total. The van der Waals surface area contributed by atoms with E-state index >= 15 is 0 Å². The van der Waals surface area contributed by atoms with Gasteiger partial charge in [-0.25, -0.2) is 15.0 Å². The molecule has 4 heterocycles. The number of carbonyl (C=O) groups excluding carboxylic acids is 4. The minimum absolute atomic E-state index is 0.00716. The molecule has 0 saturated carbocycles. The summed E-state index contributed by atoms with van der Waals surface area (Å²) in [5.74, 6) is -3.32. The predicted molar refractivity (Wildman–Crippen MR) is 243 cm³/mol. The van der Waals surface area contributed by atoms with E-state index < -0.39 is 114 Å². The molecule has 0 unspecified atom stereocenters. The highest BCUT2D eigenvalue weighted by Gasteiger charge is 2.58. The lowest BCUT2D eigenvalue weighted by molar-refractivity contribution is -0.317. The standard InChI is InChI=1S/C48H78N4O15/c1-16-34-48(11)39(66-45(57)67-48)30(7)52(14)24-26(3)22-46(9,58)38(64-43-36(53)33(51(12)13)21-27(4)60-43)28(5)37(29(6)42(55)62-34)63-35-23-47(10,59-15)40(31(8)61-35)65-44(56)50-49-41(54)32-19-17-25(2)18-20-32/h17-20,26-31,33-40,43,53,58H,16,21-24H2,1-15H3,(H,49,54)(H,50,56)/t26-,27-,28+,29-,30-,31+,33+,34-,35+,36-,37+,38-,39-,40+,43+,46-,47-,48-/m1/s1. The number of methoxy groups -OCH3 is 1. The minimum atomic E-state index is -1.63. The van der Waals surface area contributed by atoms with Crippen molar-refractivity contribution in [2.75, 3.05) is 34.8 Å². The fourth-order valence-electron chi connectivity index (χ4n) is 10.6. The Hall–Kier alpha value is -3.66. The third kappa shape index (κ3) is 12.4. The zero-order valence-corrected chi connectivity index (χ0v) is 42.1. The molecule has 4 aliphatic heterocycles. The van der Waals surface area contributed by atoms with E-state index in [0.29, 0.717) is 18.5 Å². The lowest BCUT2D eigenvalue weighted by atomic mass is 9.77. The highest BCUT2D eigenvalue weighted by Crippen LogP contribution is 2.42. The predicted octanol–water partition coefficient (Wildman–Crippen LogP) is 4.47. The van der Waals surface area contributed by atoms with Crippen LogP contribution in [-0.4, -0.2) is 169 Å². The molecule has 380 valence electrons. The van der Waals surface area contributed by atoms with Gasteiger partial charge < -0.3 is 57.7 Å². The molecule has 5 rings (SSSR count). The van der Waals surface area contributed by atoms with E-state index in [1.165, 1.54) is 7.11 Å². The summed E-state index contributed by atoms with van der Waals surface area (Å²) in [6.45, 7) is 20.2. The number of ether oxygens (including phenoxy) is 9. The smallest absolute Gasteiger partial charge is 0.458 e. The van der Waals surface area contributed by atoms with Gasteiger partial charge in [0.2, 0.25) is 0 Å². The van der Waals surface area contributed by atoms with Crippen LogP contribution in [0.4, 0.5) is 9.59 Å². The van der Waals surface area contributed by atoms with Gasteiger partial charge in [0.15, 0.2) is 30.4 Å². The second kappa shape index (κ2) is 22.0. The first-order valence-corrected chi connectivity index (χ1v) is 23.6. The normalized spacial score (nSPS) is 41.4. The number of hydrogen-bond donors (Lipinski definition) is 4. The molecule has 18 atom stereocenters. The van der Waals surface area contributed by atoms with Crippen molar-refractivity contribution in [3.8, 4) is 0 Å². The number of aryl methyl sites for hydroxylation is 1. The van der Waals surface area contributed by atoms with Crippen molar-refractivity contribution in [3.05, 3.63) is 35.4 Å². The third-order valence-electron chi connectivity index (χ3n) is 14.5. The Morgan fingerprint density at radius 1 is 0.940 bits per heavy atom. The van der Waals surface area contributed by atoms with Gasteiger partial charge in [-0.15, -0.1) is 0 Å². The molecule has 1 aromatic carbocycles. The Kier molecular flexibility index (Phi) is 17.8. The van der Waals surface area contributed by atoms with Crippen LogP contribution in [0.3, 0.4) is 0 Å². The fraction of sp³-hybridized carbons (Fsp3) is 0.792. The van der Waals surface area contributed by atoms with Crippen molar-refractivity contribution in [1.82, 2.24) is 20.7 Å². The molecule has 0 radical (unpaired) electrons. The lowest BCUT2D eigenvalue weighted by Crippen LogP contribution is -2.61. The molecule has 4 saturated heterocycles. The average molecular weight is 951 g/mol. The Labute approximate surface area is 396 Å². The zero-order chi connectivity index (χ0) is 49.9. The molecule has 4 fully saturated rings. The Bertz CT molecular complexity index is 1850. The number of esters is 1. The largest absolute Gasteiger partial charge is 0.509 e. The van der Waals surface area contributed by atoms with Crippen molar-refractivity contribution >= 4 is 24.1 Å². The molecule has 0 aromatic heterocycles. The van der Waals surface area contributed by atoms with Crippen LogP contribution < -0.4 is 10.9 Å². The zero-order valence-electron chi connectivity index (χ0n) is 42.1. The van der Waals surface area contributed by atoms with Gasteiger partial charge >= 0.3 is 18.2 Å². The number of aliphatic hydroxyl groups excluding tert-OH is 1. The van der Waals surface area contributed by atoms with Crippen LogP contribution in [0.5, 0.6) is 0 Å². The van der Waals surface area contributed by atoms with Crippen molar-refractivity contribution in [2.24, 2.45) is 17.8 Å². The summed E-state index contributed by atoms with van der Waals surface area (Å²) >= 11 is 0. The van der Waals surface area contributed by atoms with E-state index in [9.17, 15) is 29.4 Å². The van der Waals surface area contributed by atoms with Gasteiger partial charge in [0.25, 0.3) is 5.91 Å². The number of hydrazine groups is 1. The van der Waals surface area contributed by atoms with E-state index in [2.05, 4.69) is 10.9 Å². The summed E-state index contributed by atoms with van der Waals surface area (Å²) in [5, 5.41) is 24.5. The molecule has 1 aromatic rings. The van der Waals surface area contributed by atoms with Gasteiger partial charge in [-0.2, -0.15) is 0 Å². The molecule has 4 aliphatic rings. The van der Waals surface area contributed by atoms with E-state index in [0.717, 1.165) is 5.56 Å². The SMILES string of the molecule is CC[C@H]1OC(=O)[C@H](C)[C@@H](O[C@H]2C[C@@](C)(OC)[C@@H](OC(=O)NNC(=O)c3ccc(C)cc3)[C@H](C)O2)[C@H](C)[C@@H](O[C@@H]2O[C@H](C)C[C@H](N(C)C)[C@H]2O)[C@](C)(O)C[C@@H](C)CN(C)[C@H](C)[C@H]2OC(=O)O[C@@]21C. The van der Waals surface area contributed by atoms with Crippen LogP contribution in [0.2, 0.25) is 0 Å². The molecular formula is C48H78N4O15. The Morgan fingerprint density at radius 2 is 1.60 bits per heavy atom. The molecule has 2 amide bonds. The first kappa shape index (κ1) is 54.3. The van der Waals surface area contributed by atoms with Crippen LogP contribution in [-0.2, 0) is 47.4 Å². The first-order valence-electron chi connectivity index (χ1n) is 23.6. The van der Waals surface area contributed by atoms with Gasteiger partial charge in [0.1, 0.15) is 17.8 Å². The number of rotatable bonds is 9. The van der Waals surface area contributed by atoms with Crippen molar-refractivity contribution in [3.63, 3.8) is 0 Å². The van der Waals surface area contributed by atoms with Crippen LogP contribution >= 0.6 is 0 Å². The van der Waals surface area contributed by atoms with Crippen LogP contribution in [0, 0.1) is 24.7 Å². The summed E-state index contributed by atoms with van der Waals surface area (Å²) in [6.07, 6.45) is -10.3. The molecule has 19 heteroatoms. The van der Waals surface area contributed by atoms with E-state index in [1.54, 1.807) is 65.8 Å². The van der Waals surface area contributed by atoms with Crippen LogP contribution in [0.15, 0.2) is 24.3 Å². The second-order valence-electron chi connectivity index (χ2n) is 20.4. The number of fused-ring (bicyclic) bond motifs is 1. The number of benzene rings is 1. The molecule has 0 spiro atoms. The summed E-state index contributed by atoms with van der Waals surface area (Å²) in [5.41, 5.74) is 1.75. The first-order chi connectivity index (χ1) is 31.2. The Balaban J connectivity index is 1.50. The number of likely N-dealkylation sites (N-methyl/N-ethyl adjacent to an activating group) is 2. The van der Waals surface area contributed by atoms with Crippen LogP contribution in [0.25, 0.3) is 0 Å².